The second kappa shape index (κ2) is 6.23. The molecular formula is C12H20ClN3O. The van der Waals surface area contributed by atoms with Crippen LogP contribution < -0.4 is 0 Å². The van der Waals surface area contributed by atoms with Crippen molar-refractivity contribution in [3.63, 3.8) is 0 Å². The summed E-state index contributed by atoms with van der Waals surface area (Å²) in [6.07, 6.45) is 0.557. The largest absolute Gasteiger partial charge is 0.340 e. The van der Waals surface area contributed by atoms with E-state index >= 15 is 0 Å². The molecule has 0 spiro atoms. The Morgan fingerprint density at radius 1 is 1.35 bits per heavy atom. The van der Waals surface area contributed by atoms with Crippen LogP contribution in [0.4, 0.5) is 0 Å². The number of nitriles is 1. The van der Waals surface area contributed by atoms with Gasteiger partial charge in [0, 0.05) is 45.0 Å². The van der Waals surface area contributed by atoms with Gasteiger partial charge in [-0.05, 0) is 13.8 Å². The van der Waals surface area contributed by atoms with Crippen LogP contribution in [0.15, 0.2) is 0 Å². The highest BCUT2D eigenvalue weighted by Crippen LogP contribution is 2.21. The number of amides is 1. The van der Waals surface area contributed by atoms with Crippen molar-refractivity contribution in [2.75, 3.05) is 38.6 Å². The van der Waals surface area contributed by atoms with Crippen LogP contribution in [-0.2, 0) is 4.79 Å². The second-order valence-corrected chi connectivity index (χ2v) is 5.33. The van der Waals surface area contributed by atoms with Crippen molar-refractivity contribution < 1.29 is 4.79 Å². The first-order valence-corrected chi connectivity index (χ1v) is 6.49. The van der Waals surface area contributed by atoms with Crippen molar-refractivity contribution in [2.24, 2.45) is 5.41 Å². The lowest BCUT2D eigenvalue weighted by molar-refractivity contribution is -0.141. The Balaban J connectivity index is 2.42. The molecule has 0 aromatic heterocycles. The van der Waals surface area contributed by atoms with Crippen LogP contribution in [0.25, 0.3) is 0 Å². The molecule has 0 aromatic carbocycles. The molecule has 1 amide bonds. The van der Waals surface area contributed by atoms with E-state index in [-0.39, 0.29) is 5.91 Å². The Hall–Kier alpha value is -0.790. The van der Waals surface area contributed by atoms with E-state index < -0.39 is 5.41 Å². The van der Waals surface area contributed by atoms with E-state index in [2.05, 4.69) is 11.0 Å². The van der Waals surface area contributed by atoms with Crippen molar-refractivity contribution >= 4 is 17.5 Å². The highest BCUT2D eigenvalue weighted by molar-refractivity contribution is 6.19. The minimum Gasteiger partial charge on any atom is -0.340 e. The molecule has 0 saturated carbocycles. The van der Waals surface area contributed by atoms with Gasteiger partial charge in [0.05, 0.1) is 11.5 Å². The van der Waals surface area contributed by atoms with E-state index in [4.69, 9.17) is 16.9 Å². The molecule has 5 heteroatoms. The number of piperazine rings is 1. The fraction of sp³-hybridized carbons (Fsp3) is 0.833. The lowest BCUT2D eigenvalue weighted by Gasteiger charge is -2.37. The van der Waals surface area contributed by atoms with E-state index in [0.29, 0.717) is 12.3 Å². The van der Waals surface area contributed by atoms with Crippen molar-refractivity contribution in [3.8, 4) is 6.07 Å². The van der Waals surface area contributed by atoms with E-state index in [9.17, 15) is 4.79 Å². The Kier molecular flexibility index (Phi) is 5.23. The van der Waals surface area contributed by atoms with Gasteiger partial charge in [0.2, 0.25) is 5.91 Å². The molecule has 1 saturated heterocycles. The van der Waals surface area contributed by atoms with Crippen LogP contribution >= 0.6 is 11.6 Å². The summed E-state index contributed by atoms with van der Waals surface area (Å²) < 4.78 is 0. The van der Waals surface area contributed by atoms with Gasteiger partial charge in [0.1, 0.15) is 0 Å². The molecule has 0 bridgehead atoms. The maximum atomic E-state index is 12.1. The van der Waals surface area contributed by atoms with Gasteiger partial charge in [-0.2, -0.15) is 5.26 Å². The number of hydrogen-bond donors (Lipinski definition) is 0. The fourth-order valence-electron chi connectivity index (χ4n) is 1.87. The SMILES string of the molecule is CC(C)(CCl)C(=O)N1CCN(CCC#N)CC1. The summed E-state index contributed by atoms with van der Waals surface area (Å²) >= 11 is 5.81. The minimum absolute atomic E-state index is 0.132. The van der Waals surface area contributed by atoms with Crippen molar-refractivity contribution in [1.29, 1.82) is 5.26 Å². The number of nitrogens with zero attached hydrogens (tertiary/aromatic N) is 3. The smallest absolute Gasteiger partial charge is 0.229 e. The zero-order valence-corrected chi connectivity index (χ0v) is 11.3. The monoisotopic (exact) mass is 257 g/mol. The molecule has 1 rings (SSSR count). The topological polar surface area (TPSA) is 47.3 Å². The Bertz CT molecular complexity index is 303. The molecule has 17 heavy (non-hydrogen) atoms. The van der Waals surface area contributed by atoms with Gasteiger partial charge in [-0.25, -0.2) is 0 Å². The first kappa shape index (κ1) is 14.3. The molecule has 0 aliphatic carbocycles. The molecule has 0 unspecified atom stereocenters. The van der Waals surface area contributed by atoms with Gasteiger partial charge >= 0.3 is 0 Å². The van der Waals surface area contributed by atoms with Crippen molar-refractivity contribution in [2.45, 2.75) is 20.3 Å². The van der Waals surface area contributed by atoms with Crippen LogP contribution in [0.2, 0.25) is 0 Å². The van der Waals surface area contributed by atoms with Crippen molar-refractivity contribution in [3.05, 3.63) is 0 Å². The summed E-state index contributed by atoms with van der Waals surface area (Å²) in [6.45, 7) is 7.75. The highest BCUT2D eigenvalue weighted by Gasteiger charge is 2.32. The summed E-state index contributed by atoms with van der Waals surface area (Å²) in [4.78, 5) is 16.2. The number of hydrogen-bond acceptors (Lipinski definition) is 3. The lowest BCUT2D eigenvalue weighted by Crippen LogP contribution is -2.52. The van der Waals surface area contributed by atoms with Gasteiger partial charge < -0.3 is 4.90 Å². The van der Waals surface area contributed by atoms with Gasteiger partial charge in [0.25, 0.3) is 0 Å². The predicted octanol–water partition coefficient (Wildman–Crippen LogP) is 1.31. The number of carbonyl (C=O) groups excluding carboxylic acids is 1. The molecule has 1 aliphatic rings. The van der Waals surface area contributed by atoms with Gasteiger partial charge in [0.15, 0.2) is 0 Å². The van der Waals surface area contributed by atoms with Crippen LogP contribution in [0.1, 0.15) is 20.3 Å². The zero-order valence-electron chi connectivity index (χ0n) is 10.6. The molecule has 4 nitrogen and oxygen atoms in total. The molecule has 96 valence electrons. The summed E-state index contributed by atoms with van der Waals surface area (Å²) in [7, 11) is 0. The maximum Gasteiger partial charge on any atom is 0.229 e. The third-order valence-corrected chi connectivity index (χ3v) is 3.78. The molecule has 1 fully saturated rings. The maximum absolute atomic E-state index is 12.1. The van der Waals surface area contributed by atoms with Crippen LogP contribution in [0, 0.1) is 16.7 Å². The molecular weight excluding hydrogens is 238 g/mol. The summed E-state index contributed by atoms with van der Waals surface area (Å²) in [5.74, 6) is 0.480. The van der Waals surface area contributed by atoms with Crippen LogP contribution in [-0.4, -0.2) is 54.3 Å². The quantitative estimate of drug-likeness (QED) is 0.714. The van der Waals surface area contributed by atoms with E-state index in [1.165, 1.54) is 0 Å². The summed E-state index contributed by atoms with van der Waals surface area (Å²) in [5, 5.41) is 8.52. The number of halogens is 1. The Labute approximate surface area is 108 Å². The fourth-order valence-corrected chi connectivity index (χ4v) is 1.98. The lowest BCUT2D eigenvalue weighted by atomic mass is 9.94. The molecule has 0 atom stereocenters. The highest BCUT2D eigenvalue weighted by atomic mass is 35.5. The molecule has 0 N–H and O–H groups in total. The third-order valence-electron chi connectivity index (χ3n) is 3.11. The normalized spacial score (nSPS) is 17.9. The van der Waals surface area contributed by atoms with Gasteiger partial charge in [-0.1, -0.05) is 0 Å². The second-order valence-electron chi connectivity index (χ2n) is 5.06. The van der Waals surface area contributed by atoms with E-state index in [0.717, 1.165) is 32.7 Å². The van der Waals surface area contributed by atoms with E-state index in [1.807, 2.05) is 18.7 Å². The molecule has 0 radical (unpaired) electrons. The number of rotatable bonds is 4. The van der Waals surface area contributed by atoms with Crippen LogP contribution in [0.3, 0.4) is 0 Å². The van der Waals surface area contributed by atoms with Gasteiger partial charge in [-0.3, -0.25) is 9.69 Å². The average molecular weight is 258 g/mol. The van der Waals surface area contributed by atoms with E-state index in [1.54, 1.807) is 0 Å². The first-order chi connectivity index (χ1) is 8.01. The summed E-state index contributed by atoms with van der Waals surface area (Å²) in [6, 6.07) is 2.14. The molecule has 0 aromatic rings. The van der Waals surface area contributed by atoms with Crippen molar-refractivity contribution in [1.82, 2.24) is 9.80 Å². The number of carbonyl (C=O) groups is 1. The standard InChI is InChI=1S/C12H20ClN3O/c1-12(2,10-13)11(17)16-8-6-15(7-9-16)5-3-4-14/h3,5-10H2,1-2H3. The third kappa shape index (κ3) is 3.86. The number of alkyl halides is 1. The average Bonchev–Trinajstić information content (AvgIpc) is 2.36. The van der Waals surface area contributed by atoms with Crippen LogP contribution in [0.5, 0.6) is 0 Å². The predicted molar refractivity (Wildman–Crippen MR) is 67.8 cm³/mol. The molecule has 1 aliphatic heterocycles. The Morgan fingerprint density at radius 3 is 2.41 bits per heavy atom. The molecule has 1 heterocycles. The Morgan fingerprint density at radius 2 is 1.94 bits per heavy atom. The first-order valence-electron chi connectivity index (χ1n) is 5.96. The zero-order chi connectivity index (χ0) is 12.9. The van der Waals surface area contributed by atoms with Gasteiger partial charge in [-0.15, -0.1) is 11.6 Å². The summed E-state index contributed by atoms with van der Waals surface area (Å²) in [5.41, 5.74) is -0.476. The minimum atomic E-state index is -0.476.